The van der Waals surface area contributed by atoms with Crippen LogP contribution in [0, 0.1) is 5.92 Å². The number of aliphatic carboxylic acids is 1. The standard InChI is InChI=1S/C26H28N2O5/c29-24(28-14-6-5-11-22(28)25(30)31)23(16-12-13-16)27-26(32)33-15-21-19-9-3-1-7-17(19)18-8-2-4-10-20(18)21/h1-4,7-10,16,21-23H,5-6,11-15H2,(H,27,32)(H,30,31)/t22-,23?/m1/s1. The Hall–Kier alpha value is -3.35. The Bertz CT molecular complexity index is 1030. The molecule has 2 fully saturated rings. The summed E-state index contributed by atoms with van der Waals surface area (Å²) in [6.07, 6.45) is 3.05. The van der Waals surface area contributed by atoms with Crippen molar-refractivity contribution in [2.24, 2.45) is 5.92 Å². The fourth-order valence-electron chi connectivity index (χ4n) is 5.21. The first-order valence-electron chi connectivity index (χ1n) is 11.7. The van der Waals surface area contributed by atoms with E-state index in [2.05, 4.69) is 29.6 Å². The minimum absolute atomic E-state index is 0.0364. The summed E-state index contributed by atoms with van der Waals surface area (Å²) < 4.78 is 5.62. The van der Waals surface area contributed by atoms with Crippen LogP contribution < -0.4 is 5.32 Å². The zero-order valence-corrected chi connectivity index (χ0v) is 18.4. The Morgan fingerprint density at radius 3 is 2.21 bits per heavy atom. The molecule has 0 bridgehead atoms. The van der Waals surface area contributed by atoms with Crippen molar-refractivity contribution in [1.82, 2.24) is 10.2 Å². The predicted molar refractivity (Wildman–Crippen MR) is 122 cm³/mol. The number of nitrogens with zero attached hydrogens (tertiary/aromatic N) is 1. The number of carbonyl (C=O) groups excluding carboxylic acids is 2. The molecular weight excluding hydrogens is 420 g/mol. The molecule has 1 aliphatic heterocycles. The van der Waals surface area contributed by atoms with Gasteiger partial charge in [-0.05, 0) is 60.3 Å². The highest BCUT2D eigenvalue weighted by Crippen LogP contribution is 2.44. The van der Waals surface area contributed by atoms with Crippen LogP contribution in [0.25, 0.3) is 11.1 Å². The monoisotopic (exact) mass is 448 g/mol. The molecule has 2 aromatic carbocycles. The molecule has 2 aliphatic carbocycles. The van der Waals surface area contributed by atoms with Crippen LogP contribution in [-0.2, 0) is 14.3 Å². The highest BCUT2D eigenvalue weighted by molar-refractivity contribution is 5.90. The molecule has 7 heteroatoms. The molecule has 2 aromatic rings. The topological polar surface area (TPSA) is 95.9 Å². The molecule has 1 heterocycles. The molecule has 1 unspecified atom stereocenters. The summed E-state index contributed by atoms with van der Waals surface area (Å²) in [7, 11) is 0. The highest BCUT2D eigenvalue weighted by atomic mass is 16.5. The number of hydrogen-bond acceptors (Lipinski definition) is 4. The highest BCUT2D eigenvalue weighted by Gasteiger charge is 2.43. The van der Waals surface area contributed by atoms with Crippen LogP contribution in [0.5, 0.6) is 0 Å². The molecule has 0 spiro atoms. The van der Waals surface area contributed by atoms with E-state index >= 15 is 0 Å². The number of ether oxygens (including phenoxy) is 1. The molecular formula is C26H28N2O5. The van der Waals surface area contributed by atoms with E-state index in [1.54, 1.807) is 0 Å². The average Bonchev–Trinajstić information content (AvgIpc) is 3.63. The third-order valence-corrected chi connectivity index (χ3v) is 7.05. The lowest BCUT2D eigenvalue weighted by molar-refractivity contribution is -0.153. The summed E-state index contributed by atoms with van der Waals surface area (Å²) in [5.74, 6) is -1.32. The van der Waals surface area contributed by atoms with Gasteiger partial charge in [-0.1, -0.05) is 48.5 Å². The maximum atomic E-state index is 13.2. The minimum Gasteiger partial charge on any atom is -0.480 e. The molecule has 33 heavy (non-hydrogen) atoms. The van der Waals surface area contributed by atoms with Crippen LogP contribution in [0.2, 0.25) is 0 Å². The van der Waals surface area contributed by atoms with Crippen LogP contribution in [0.1, 0.15) is 49.1 Å². The van der Waals surface area contributed by atoms with Crippen molar-refractivity contribution in [3.05, 3.63) is 59.7 Å². The quantitative estimate of drug-likeness (QED) is 0.701. The van der Waals surface area contributed by atoms with Crippen LogP contribution in [0.3, 0.4) is 0 Å². The van der Waals surface area contributed by atoms with Gasteiger partial charge in [0.25, 0.3) is 0 Å². The van der Waals surface area contributed by atoms with Crippen molar-refractivity contribution >= 4 is 18.0 Å². The number of rotatable bonds is 6. The number of carboxylic acid groups (broad SMARTS) is 1. The van der Waals surface area contributed by atoms with Gasteiger partial charge >= 0.3 is 12.1 Å². The summed E-state index contributed by atoms with van der Waals surface area (Å²) in [4.78, 5) is 39.0. The van der Waals surface area contributed by atoms with E-state index in [0.29, 0.717) is 13.0 Å². The number of amides is 2. The molecule has 2 N–H and O–H groups in total. The third kappa shape index (κ3) is 4.19. The number of alkyl carbamates (subject to hydrolysis) is 1. The van der Waals surface area contributed by atoms with Gasteiger partial charge in [-0.25, -0.2) is 9.59 Å². The fourth-order valence-corrected chi connectivity index (χ4v) is 5.21. The number of likely N-dealkylation sites (tertiary alicyclic amines) is 1. The number of nitrogens with one attached hydrogen (secondary N) is 1. The maximum Gasteiger partial charge on any atom is 0.407 e. The van der Waals surface area contributed by atoms with Crippen molar-refractivity contribution in [1.29, 1.82) is 0 Å². The minimum atomic E-state index is -0.987. The fraction of sp³-hybridized carbons (Fsp3) is 0.423. The van der Waals surface area contributed by atoms with Gasteiger partial charge in [-0.2, -0.15) is 0 Å². The molecule has 2 atom stereocenters. The molecule has 7 nitrogen and oxygen atoms in total. The summed E-state index contributed by atoms with van der Waals surface area (Å²) in [6, 6.07) is 14.7. The maximum absolute atomic E-state index is 13.2. The van der Waals surface area contributed by atoms with Crippen molar-refractivity contribution in [2.75, 3.05) is 13.2 Å². The second kappa shape index (κ2) is 8.89. The molecule has 5 rings (SSSR count). The molecule has 3 aliphatic rings. The Morgan fingerprint density at radius 2 is 1.61 bits per heavy atom. The van der Waals surface area contributed by atoms with E-state index in [0.717, 1.165) is 47.9 Å². The van der Waals surface area contributed by atoms with Gasteiger partial charge in [0.2, 0.25) is 5.91 Å². The molecule has 1 saturated carbocycles. The van der Waals surface area contributed by atoms with E-state index < -0.39 is 24.1 Å². The SMILES string of the molecule is O=C(NC(C(=O)N1CCCC[C@@H]1C(=O)O)C1CC1)OCC1c2ccccc2-c2ccccc21. The van der Waals surface area contributed by atoms with Crippen LogP contribution >= 0.6 is 0 Å². The molecule has 0 radical (unpaired) electrons. The molecule has 0 aromatic heterocycles. The van der Waals surface area contributed by atoms with Gasteiger partial charge < -0.3 is 20.1 Å². The molecule has 172 valence electrons. The van der Waals surface area contributed by atoms with Crippen LogP contribution in [-0.4, -0.2) is 53.2 Å². The van der Waals surface area contributed by atoms with E-state index in [-0.39, 0.29) is 24.3 Å². The normalized spacial score (nSPS) is 20.5. The number of fused-ring (bicyclic) bond motifs is 3. The summed E-state index contributed by atoms with van der Waals surface area (Å²) in [5.41, 5.74) is 4.55. The summed E-state index contributed by atoms with van der Waals surface area (Å²) in [5, 5.41) is 12.3. The average molecular weight is 449 g/mol. The van der Waals surface area contributed by atoms with Gasteiger partial charge in [0.05, 0.1) is 0 Å². The van der Waals surface area contributed by atoms with E-state index in [1.807, 2.05) is 24.3 Å². The number of piperidine rings is 1. The van der Waals surface area contributed by atoms with Crippen molar-refractivity contribution in [3.8, 4) is 11.1 Å². The van der Waals surface area contributed by atoms with Gasteiger partial charge in [0.1, 0.15) is 18.7 Å². The first-order chi connectivity index (χ1) is 16.0. The second-order valence-corrected chi connectivity index (χ2v) is 9.17. The molecule has 1 saturated heterocycles. The van der Waals surface area contributed by atoms with Gasteiger partial charge in [0, 0.05) is 12.5 Å². The lowest BCUT2D eigenvalue weighted by Crippen LogP contribution is -2.56. The van der Waals surface area contributed by atoms with Crippen molar-refractivity contribution in [2.45, 2.75) is 50.1 Å². The van der Waals surface area contributed by atoms with Gasteiger partial charge in [-0.15, -0.1) is 0 Å². The lowest BCUT2D eigenvalue weighted by Gasteiger charge is -2.35. The number of benzene rings is 2. The predicted octanol–water partition coefficient (Wildman–Crippen LogP) is 3.77. The Balaban J connectivity index is 1.26. The number of hydrogen-bond donors (Lipinski definition) is 2. The van der Waals surface area contributed by atoms with Crippen molar-refractivity contribution < 1.29 is 24.2 Å². The van der Waals surface area contributed by atoms with Crippen LogP contribution in [0.15, 0.2) is 48.5 Å². The largest absolute Gasteiger partial charge is 0.480 e. The first-order valence-corrected chi connectivity index (χ1v) is 11.7. The number of carboxylic acids is 1. The Morgan fingerprint density at radius 1 is 0.970 bits per heavy atom. The van der Waals surface area contributed by atoms with Crippen molar-refractivity contribution in [3.63, 3.8) is 0 Å². The van der Waals surface area contributed by atoms with Gasteiger partial charge in [-0.3, -0.25) is 4.79 Å². The molecule has 2 amide bonds. The summed E-state index contributed by atoms with van der Waals surface area (Å²) >= 11 is 0. The van der Waals surface area contributed by atoms with E-state index in [4.69, 9.17) is 4.74 Å². The first kappa shape index (κ1) is 21.5. The summed E-state index contributed by atoms with van der Waals surface area (Å²) in [6.45, 7) is 0.582. The second-order valence-electron chi connectivity index (χ2n) is 9.17. The smallest absolute Gasteiger partial charge is 0.407 e. The van der Waals surface area contributed by atoms with E-state index in [9.17, 15) is 19.5 Å². The zero-order valence-electron chi connectivity index (χ0n) is 18.4. The Labute approximate surface area is 192 Å². The van der Waals surface area contributed by atoms with E-state index in [1.165, 1.54) is 4.90 Å². The third-order valence-electron chi connectivity index (χ3n) is 7.05. The lowest BCUT2D eigenvalue weighted by atomic mass is 9.98. The van der Waals surface area contributed by atoms with Crippen LogP contribution in [0.4, 0.5) is 4.79 Å². The Kier molecular flexibility index (Phi) is 5.79. The number of carbonyl (C=O) groups is 3. The van der Waals surface area contributed by atoms with Gasteiger partial charge in [0.15, 0.2) is 0 Å². The zero-order chi connectivity index (χ0) is 22.9.